The number of likely N-dealkylation sites (tertiary alicyclic amines) is 1. The number of imide groups is 1. The van der Waals surface area contributed by atoms with E-state index in [1.165, 1.54) is 16.0 Å². The highest BCUT2D eigenvalue weighted by molar-refractivity contribution is 6.07. The van der Waals surface area contributed by atoms with E-state index in [1.54, 1.807) is 20.8 Å². The summed E-state index contributed by atoms with van der Waals surface area (Å²) in [5, 5.41) is 2.61. The van der Waals surface area contributed by atoms with Crippen LogP contribution in [0.15, 0.2) is 23.3 Å². The molecular weight excluding hydrogens is 320 g/mol. The molecule has 6 heteroatoms. The number of rotatable bonds is 3. The third-order valence-electron chi connectivity index (χ3n) is 5.09. The Morgan fingerprint density at radius 3 is 2.08 bits per heavy atom. The Labute approximate surface area is 148 Å². The van der Waals surface area contributed by atoms with Gasteiger partial charge in [0.25, 0.3) is 0 Å². The maximum absolute atomic E-state index is 12.8. The molecule has 3 aliphatic rings. The van der Waals surface area contributed by atoms with Crippen LogP contribution in [-0.2, 0) is 14.3 Å². The zero-order valence-electron chi connectivity index (χ0n) is 15.5. The van der Waals surface area contributed by atoms with Gasteiger partial charge in [0.15, 0.2) is 0 Å². The van der Waals surface area contributed by atoms with Crippen LogP contribution < -0.4 is 5.32 Å². The van der Waals surface area contributed by atoms with Crippen LogP contribution in [0.1, 0.15) is 34.6 Å². The molecule has 1 aliphatic heterocycles. The van der Waals surface area contributed by atoms with Crippen molar-refractivity contribution < 1.29 is 19.1 Å². The highest BCUT2D eigenvalue weighted by atomic mass is 16.6. The molecule has 3 amide bonds. The third-order valence-corrected chi connectivity index (χ3v) is 5.09. The number of nitrogens with zero attached hydrogens (tertiary/aromatic N) is 1. The van der Waals surface area contributed by atoms with Crippen molar-refractivity contribution in [2.45, 2.75) is 40.2 Å². The van der Waals surface area contributed by atoms with Crippen molar-refractivity contribution in [1.29, 1.82) is 0 Å². The molecule has 0 unspecified atom stereocenters. The number of nitrogens with one attached hydrogen (secondary N) is 1. The largest absolute Gasteiger partial charge is 0.444 e. The lowest BCUT2D eigenvalue weighted by Gasteiger charge is -2.21. The topological polar surface area (TPSA) is 75.7 Å². The fourth-order valence-electron chi connectivity index (χ4n) is 4.30. The predicted molar refractivity (Wildman–Crippen MR) is 92.4 cm³/mol. The van der Waals surface area contributed by atoms with Gasteiger partial charge in [-0.25, -0.2) is 4.79 Å². The SMILES string of the molecule is CC(C)=C1[C@H]2C=C[C@@H]1[C@H]1C(=O)N(CCNC(=O)OC(C)(C)C)C(=O)[C@H]12. The van der Waals surface area contributed by atoms with E-state index in [0.717, 1.165) is 0 Å². The van der Waals surface area contributed by atoms with Crippen LogP contribution in [0, 0.1) is 23.7 Å². The first-order chi connectivity index (χ1) is 11.6. The lowest BCUT2D eigenvalue weighted by atomic mass is 9.85. The summed E-state index contributed by atoms with van der Waals surface area (Å²) in [7, 11) is 0. The molecule has 2 aliphatic carbocycles. The summed E-state index contributed by atoms with van der Waals surface area (Å²) in [6.45, 7) is 9.82. The molecule has 1 N–H and O–H groups in total. The molecule has 1 heterocycles. The monoisotopic (exact) mass is 346 g/mol. The van der Waals surface area contributed by atoms with E-state index >= 15 is 0 Å². The van der Waals surface area contributed by atoms with Crippen LogP contribution in [-0.4, -0.2) is 41.5 Å². The maximum Gasteiger partial charge on any atom is 0.407 e. The van der Waals surface area contributed by atoms with Crippen molar-refractivity contribution >= 4 is 17.9 Å². The number of hydrogen-bond acceptors (Lipinski definition) is 4. The minimum atomic E-state index is -0.577. The zero-order valence-corrected chi connectivity index (χ0v) is 15.5. The Balaban J connectivity index is 1.63. The molecule has 2 bridgehead atoms. The van der Waals surface area contributed by atoms with Gasteiger partial charge in [-0.15, -0.1) is 0 Å². The number of allylic oxidation sites excluding steroid dienone is 4. The van der Waals surface area contributed by atoms with E-state index in [0.29, 0.717) is 0 Å². The third kappa shape index (κ3) is 2.98. The zero-order chi connectivity index (χ0) is 18.5. The summed E-state index contributed by atoms with van der Waals surface area (Å²) in [6.07, 6.45) is 3.60. The average Bonchev–Trinajstić information content (AvgIpc) is 3.10. The molecule has 1 saturated carbocycles. The van der Waals surface area contributed by atoms with Gasteiger partial charge < -0.3 is 10.1 Å². The van der Waals surface area contributed by atoms with E-state index < -0.39 is 11.7 Å². The van der Waals surface area contributed by atoms with Crippen LogP contribution in [0.2, 0.25) is 0 Å². The Morgan fingerprint density at radius 2 is 1.64 bits per heavy atom. The minimum absolute atomic E-state index is 0.0558. The minimum Gasteiger partial charge on any atom is -0.444 e. The Kier molecular flexibility index (Phi) is 4.25. The highest BCUT2D eigenvalue weighted by Crippen LogP contribution is 2.56. The van der Waals surface area contributed by atoms with Crippen molar-refractivity contribution in [2.75, 3.05) is 13.1 Å². The van der Waals surface area contributed by atoms with E-state index in [-0.39, 0.29) is 48.6 Å². The Hall–Kier alpha value is -2.11. The van der Waals surface area contributed by atoms with E-state index in [1.807, 2.05) is 13.8 Å². The fourth-order valence-corrected chi connectivity index (χ4v) is 4.30. The first-order valence-electron chi connectivity index (χ1n) is 8.79. The van der Waals surface area contributed by atoms with Crippen molar-refractivity contribution in [3.63, 3.8) is 0 Å². The lowest BCUT2D eigenvalue weighted by molar-refractivity contribution is -0.140. The summed E-state index contributed by atoms with van der Waals surface area (Å²) in [6, 6.07) is 0. The van der Waals surface area contributed by atoms with Gasteiger partial charge in [-0.1, -0.05) is 23.3 Å². The summed E-state index contributed by atoms with van der Waals surface area (Å²) < 4.78 is 5.16. The highest BCUT2D eigenvalue weighted by Gasteiger charge is 2.61. The van der Waals surface area contributed by atoms with Crippen LogP contribution in [0.3, 0.4) is 0 Å². The number of fused-ring (bicyclic) bond motifs is 5. The lowest BCUT2D eigenvalue weighted by Crippen LogP contribution is -2.41. The molecule has 4 atom stereocenters. The molecule has 2 fully saturated rings. The molecule has 1 saturated heterocycles. The quantitative estimate of drug-likeness (QED) is 0.628. The standard InChI is InChI=1S/C19H26N2O4/c1-10(2)13-11-6-7-12(13)15-14(11)16(22)21(17(15)23)9-8-20-18(24)25-19(3,4)5/h6-7,11-12,14-15H,8-9H2,1-5H3,(H,20,24)/t11-,12+,14+,15-. The summed E-state index contributed by atoms with van der Waals surface area (Å²) in [5.41, 5.74) is 1.86. The number of carbonyl (C=O) groups is 3. The van der Waals surface area contributed by atoms with Gasteiger partial charge in [0.1, 0.15) is 5.60 Å². The van der Waals surface area contributed by atoms with Crippen LogP contribution in [0.5, 0.6) is 0 Å². The summed E-state index contributed by atoms with van der Waals surface area (Å²) in [5.74, 6) is -0.656. The average molecular weight is 346 g/mol. The normalized spacial score (nSPS) is 30.1. The van der Waals surface area contributed by atoms with Crippen LogP contribution in [0.25, 0.3) is 0 Å². The van der Waals surface area contributed by atoms with E-state index in [9.17, 15) is 14.4 Å². The number of amides is 3. The second-order valence-electron chi connectivity index (χ2n) is 8.20. The maximum atomic E-state index is 12.8. The van der Waals surface area contributed by atoms with Crippen molar-refractivity contribution in [3.8, 4) is 0 Å². The van der Waals surface area contributed by atoms with Gasteiger partial charge >= 0.3 is 6.09 Å². The molecule has 0 aromatic rings. The molecular formula is C19H26N2O4. The van der Waals surface area contributed by atoms with Gasteiger partial charge in [0.05, 0.1) is 11.8 Å². The Bertz CT molecular complexity index is 648. The van der Waals surface area contributed by atoms with Gasteiger partial charge in [-0.3, -0.25) is 14.5 Å². The van der Waals surface area contributed by atoms with Gasteiger partial charge in [0.2, 0.25) is 11.8 Å². The molecule has 0 aromatic carbocycles. The number of hydrogen-bond donors (Lipinski definition) is 1. The summed E-state index contributed by atoms with van der Waals surface area (Å²) in [4.78, 5) is 38.5. The number of alkyl carbamates (subject to hydrolysis) is 1. The van der Waals surface area contributed by atoms with Crippen molar-refractivity contribution in [1.82, 2.24) is 10.2 Å². The first kappa shape index (κ1) is 17.7. The van der Waals surface area contributed by atoms with Gasteiger partial charge in [-0.2, -0.15) is 0 Å². The second-order valence-corrected chi connectivity index (χ2v) is 8.20. The number of ether oxygens (including phenoxy) is 1. The molecule has 0 aromatic heterocycles. The Morgan fingerprint density at radius 1 is 1.12 bits per heavy atom. The molecule has 136 valence electrons. The van der Waals surface area contributed by atoms with Crippen molar-refractivity contribution in [3.05, 3.63) is 23.3 Å². The predicted octanol–water partition coefficient (Wildman–Crippen LogP) is 2.26. The van der Waals surface area contributed by atoms with Gasteiger partial charge in [-0.05, 0) is 34.6 Å². The van der Waals surface area contributed by atoms with E-state index in [2.05, 4.69) is 17.5 Å². The first-order valence-corrected chi connectivity index (χ1v) is 8.79. The summed E-state index contributed by atoms with van der Waals surface area (Å²) >= 11 is 0. The van der Waals surface area contributed by atoms with Crippen LogP contribution in [0.4, 0.5) is 4.79 Å². The molecule has 0 radical (unpaired) electrons. The smallest absolute Gasteiger partial charge is 0.407 e. The molecule has 6 nitrogen and oxygen atoms in total. The van der Waals surface area contributed by atoms with Crippen LogP contribution >= 0.6 is 0 Å². The van der Waals surface area contributed by atoms with Crippen molar-refractivity contribution in [2.24, 2.45) is 23.7 Å². The van der Waals surface area contributed by atoms with Gasteiger partial charge in [0, 0.05) is 24.9 Å². The van der Waals surface area contributed by atoms with E-state index in [4.69, 9.17) is 4.74 Å². The second kappa shape index (κ2) is 6.00. The molecule has 3 rings (SSSR count). The molecule has 0 spiro atoms. The number of carbonyl (C=O) groups excluding carboxylic acids is 3. The fraction of sp³-hybridized carbons (Fsp3) is 0.632. The molecule has 25 heavy (non-hydrogen) atoms.